The fourth-order valence-corrected chi connectivity index (χ4v) is 1.69. The van der Waals surface area contributed by atoms with Crippen LogP contribution in [0.5, 0.6) is 0 Å². The lowest BCUT2D eigenvalue weighted by Gasteiger charge is -2.00. The fourth-order valence-electron chi connectivity index (χ4n) is 1.56. The highest BCUT2D eigenvalue weighted by Crippen LogP contribution is 2.22. The van der Waals surface area contributed by atoms with E-state index in [0.717, 1.165) is 16.6 Å². The Morgan fingerprint density at radius 2 is 2.12 bits per heavy atom. The van der Waals surface area contributed by atoms with E-state index in [-0.39, 0.29) is 0 Å². The van der Waals surface area contributed by atoms with Gasteiger partial charge in [-0.3, -0.25) is 4.98 Å². The molecule has 0 saturated carbocycles. The number of aromatic nitrogens is 5. The number of nitrogens with zero attached hydrogens (tertiary/aromatic N) is 5. The third-order valence-electron chi connectivity index (χ3n) is 2.48. The van der Waals surface area contributed by atoms with Crippen molar-refractivity contribution in [2.75, 3.05) is 0 Å². The highest BCUT2D eigenvalue weighted by molar-refractivity contribution is 6.30. The summed E-state index contributed by atoms with van der Waals surface area (Å²) in [5, 5.41) is 4.66. The highest BCUT2D eigenvalue weighted by Gasteiger charge is 2.10. The Balaban J connectivity index is 2.24. The normalized spacial score (nSPS) is 10.9. The topological polar surface area (TPSA) is 56.0 Å². The van der Waals surface area contributed by atoms with Gasteiger partial charge in [0.15, 0.2) is 5.82 Å². The van der Waals surface area contributed by atoms with E-state index in [4.69, 9.17) is 11.6 Å². The highest BCUT2D eigenvalue weighted by atomic mass is 35.5. The van der Waals surface area contributed by atoms with Crippen molar-refractivity contribution in [1.29, 1.82) is 0 Å². The molecule has 0 N–H and O–H groups in total. The Morgan fingerprint density at radius 1 is 1.24 bits per heavy atom. The largest absolute Gasteiger partial charge is 0.261 e. The second-order valence-electron chi connectivity index (χ2n) is 3.63. The predicted octanol–water partition coefficient (Wildman–Crippen LogP) is 2.15. The van der Waals surface area contributed by atoms with Crippen molar-refractivity contribution in [2.24, 2.45) is 0 Å². The quantitative estimate of drug-likeness (QED) is 0.617. The molecule has 0 bridgehead atoms. The van der Waals surface area contributed by atoms with Crippen LogP contribution in [0.3, 0.4) is 0 Å². The molecule has 0 unspecified atom stereocenters. The maximum atomic E-state index is 5.99. The van der Waals surface area contributed by atoms with Gasteiger partial charge in [0, 0.05) is 24.2 Å². The van der Waals surface area contributed by atoms with E-state index in [1.165, 1.54) is 0 Å². The van der Waals surface area contributed by atoms with Crippen molar-refractivity contribution in [2.45, 2.75) is 6.92 Å². The van der Waals surface area contributed by atoms with Gasteiger partial charge in [0.25, 0.3) is 0 Å². The van der Waals surface area contributed by atoms with Crippen LogP contribution in [0.25, 0.3) is 16.9 Å². The van der Waals surface area contributed by atoms with E-state index in [9.17, 15) is 0 Å². The summed E-state index contributed by atoms with van der Waals surface area (Å²) in [5.41, 5.74) is 2.53. The average molecular weight is 246 g/mol. The molecule has 84 valence electrons. The molecule has 0 aliphatic carbocycles. The van der Waals surface area contributed by atoms with E-state index >= 15 is 0 Å². The first-order valence-corrected chi connectivity index (χ1v) is 5.40. The Hall–Kier alpha value is -2.01. The van der Waals surface area contributed by atoms with Gasteiger partial charge < -0.3 is 0 Å². The van der Waals surface area contributed by atoms with Crippen LogP contribution in [0.2, 0.25) is 5.15 Å². The van der Waals surface area contributed by atoms with Crippen LogP contribution < -0.4 is 0 Å². The first-order valence-electron chi connectivity index (χ1n) is 5.02. The van der Waals surface area contributed by atoms with Crippen LogP contribution in [-0.2, 0) is 0 Å². The van der Waals surface area contributed by atoms with Crippen molar-refractivity contribution in [3.05, 3.63) is 41.7 Å². The lowest BCUT2D eigenvalue weighted by molar-refractivity contribution is 0.946. The zero-order chi connectivity index (χ0) is 11.8. The van der Waals surface area contributed by atoms with E-state index in [1.807, 2.05) is 6.92 Å². The van der Waals surface area contributed by atoms with Crippen molar-refractivity contribution in [3.8, 4) is 11.4 Å². The summed E-state index contributed by atoms with van der Waals surface area (Å²) in [6.45, 7) is 1.86. The summed E-state index contributed by atoms with van der Waals surface area (Å²) in [5.74, 6) is 0.559. The molecule has 0 aromatic carbocycles. The Kier molecular flexibility index (Phi) is 2.26. The van der Waals surface area contributed by atoms with E-state index in [1.54, 1.807) is 35.5 Å². The van der Waals surface area contributed by atoms with Crippen LogP contribution >= 0.6 is 11.6 Å². The monoisotopic (exact) mass is 245 g/mol. The molecule has 17 heavy (non-hydrogen) atoms. The molecule has 0 fully saturated rings. The molecule has 3 aromatic heterocycles. The summed E-state index contributed by atoms with van der Waals surface area (Å²) >= 11 is 5.99. The van der Waals surface area contributed by atoms with E-state index in [0.29, 0.717) is 11.0 Å². The number of halogens is 1. The minimum absolute atomic E-state index is 0.457. The summed E-state index contributed by atoms with van der Waals surface area (Å²) in [6, 6.07) is 0. The van der Waals surface area contributed by atoms with Gasteiger partial charge >= 0.3 is 0 Å². The summed E-state index contributed by atoms with van der Waals surface area (Å²) in [7, 11) is 0. The number of aryl methyl sites for hydroxylation is 1. The second kappa shape index (κ2) is 3.78. The van der Waals surface area contributed by atoms with Crippen LogP contribution in [0.15, 0.2) is 31.0 Å². The molecule has 3 aromatic rings. The Morgan fingerprint density at radius 3 is 2.94 bits per heavy atom. The summed E-state index contributed by atoms with van der Waals surface area (Å²) in [4.78, 5) is 12.6. The fraction of sp³-hybridized carbons (Fsp3) is 0.0909. The van der Waals surface area contributed by atoms with Gasteiger partial charge in [-0.15, -0.1) is 0 Å². The smallest absolute Gasteiger partial charge is 0.164 e. The first kappa shape index (κ1) is 10.2. The molecule has 0 amide bonds. The molecule has 0 aliphatic rings. The van der Waals surface area contributed by atoms with Crippen molar-refractivity contribution < 1.29 is 0 Å². The van der Waals surface area contributed by atoms with E-state index < -0.39 is 0 Å². The molecule has 0 radical (unpaired) electrons. The second-order valence-corrected chi connectivity index (χ2v) is 3.99. The van der Waals surface area contributed by atoms with Crippen LogP contribution in [0, 0.1) is 6.92 Å². The van der Waals surface area contributed by atoms with Crippen molar-refractivity contribution in [1.82, 2.24) is 24.6 Å². The van der Waals surface area contributed by atoms with Crippen LogP contribution in [0.1, 0.15) is 5.56 Å². The lowest BCUT2D eigenvalue weighted by Crippen LogP contribution is -1.92. The summed E-state index contributed by atoms with van der Waals surface area (Å²) < 4.78 is 1.72. The van der Waals surface area contributed by atoms with Crippen LogP contribution in [-0.4, -0.2) is 24.6 Å². The van der Waals surface area contributed by atoms with Gasteiger partial charge in [-0.25, -0.2) is 14.5 Å². The standard InChI is InChI=1S/C11H8ClN5/c1-7-4-14-11(16-10(7)12)8-5-15-17-3-2-13-6-9(8)17/h2-6H,1H3. The molecule has 5 nitrogen and oxygen atoms in total. The van der Waals surface area contributed by atoms with Gasteiger partial charge in [-0.1, -0.05) is 11.6 Å². The van der Waals surface area contributed by atoms with Gasteiger partial charge in [0.2, 0.25) is 0 Å². The number of rotatable bonds is 1. The maximum absolute atomic E-state index is 5.99. The molecule has 0 spiro atoms. The molecule has 0 aliphatic heterocycles. The number of fused-ring (bicyclic) bond motifs is 1. The lowest BCUT2D eigenvalue weighted by atomic mass is 10.2. The third-order valence-corrected chi connectivity index (χ3v) is 2.86. The van der Waals surface area contributed by atoms with Gasteiger partial charge in [0.05, 0.1) is 23.5 Å². The van der Waals surface area contributed by atoms with Crippen molar-refractivity contribution in [3.63, 3.8) is 0 Å². The molecule has 3 heterocycles. The molecular formula is C11H8ClN5. The molecule has 3 rings (SSSR count). The number of hydrogen-bond acceptors (Lipinski definition) is 4. The number of hydrogen-bond donors (Lipinski definition) is 0. The zero-order valence-corrected chi connectivity index (χ0v) is 9.76. The first-order chi connectivity index (χ1) is 8.25. The minimum atomic E-state index is 0.457. The SMILES string of the molecule is Cc1cnc(-c2cnn3ccncc23)nc1Cl. The van der Waals surface area contributed by atoms with Gasteiger partial charge in [-0.2, -0.15) is 5.10 Å². The maximum Gasteiger partial charge on any atom is 0.164 e. The molecule has 0 saturated heterocycles. The predicted molar refractivity (Wildman–Crippen MR) is 63.8 cm³/mol. The van der Waals surface area contributed by atoms with Gasteiger partial charge in [0.1, 0.15) is 5.15 Å². The Labute approximate surface area is 102 Å². The third kappa shape index (κ3) is 1.64. The molecular weight excluding hydrogens is 238 g/mol. The minimum Gasteiger partial charge on any atom is -0.261 e. The average Bonchev–Trinajstić information content (AvgIpc) is 2.76. The van der Waals surface area contributed by atoms with Crippen molar-refractivity contribution >= 4 is 17.1 Å². The zero-order valence-electron chi connectivity index (χ0n) is 9.00. The molecule has 6 heteroatoms. The van der Waals surface area contributed by atoms with E-state index in [2.05, 4.69) is 20.1 Å². The van der Waals surface area contributed by atoms with Gasteiger partial charge in [-0.05, 0) is 6.92 Å². The summed E-state index contributed by atoms with van der Waals surface area (Å²) in [6.07, 6.45) is 8.57. The van der Waals surface area contributed by atoms with Crippen LogP contribution in [0.4, 0.5) is 0 Å². The molecule has 0 atom stereocenters. The Bertz CT molecular complexity index is 691.